The van der Waals surface area contributed by atoms with Gasteiger partial charge in [0.25, 0.3) is 0 Å². The Balaban J connectivity index is 1.94. The molecule has 0 radical (unpaired) electrons. The molecule has 2 aromatic carbocycles. The average molecular weight is 290 g/mol. The maximum absolute atomic E-state index is 13.4. The number of hydrogen-bond donors (Lipinski definition) is 0. The Bertz CT molecular complexity index is 607. The number of para-hydroxylation sites is 1. The van der Waals surface area contributed by atoms with E-state index in [-0.39, 0.29) is 18.3 Å². The molecule has 0 aliphatic heterocycles. The normalized spacial score (nSPS) is 11.7. The van der Waals surface area contributed by atoms with Crippen molar-refractivity contribution in [3.63, 3.8) is 0 Å². The molecule has 2 aromatic rings. The maximum Gasteiger partial charge on any atom is 0.165 e. The van der Waals surface area contributed by atoms with E-state index in [1.54, 1.807) is 30.3 Å². The Morgan fingerprint density at radius 3 is 2.50 bits per heavy atom. The molecule has 1 atom stereocenters. The lowest BCUT2D eigenvalue weighted by Crippen LogP contribution is -2.05. The van der Waals surface area contributed by atoms with Crippen LogP contribution in [-0.2, 0) is 0 Å². The van der Waals surface area contributed by atoms with Crippen LogP contribution in [0.3, 0.4) is 0 Å². The molecule has 20 heavy (non-hydrogen) atoms. The zero-order valence-electron chi connectivity index (χ0n) is 10.7. The Kier molecular flexibility index (Phi) is 4.97. The third kappa shape index (κ3) is 3.72. The van der Waals surface area contributed by atoms with Crippen molar-refractivity contribution >= 4 is 11.6 Å². The molecule has 0 N–H and O–H groups in total. The van der Waals surface area contributed by atoms with Crippen molar-refractivity contribution in [1.82, 2.24) is 0 Å². The van der Waals surface area contributed by atoms with Gasteiger partial charge in [-0.1, -0.05) is 35.9 Å². The first-order valence-corrected chi connectivity index (χ1v) is 6.61. The van der Waals surface area contributed by atoms with Crippen LogP contribution >= 0.6 is 11.6 Å². The minimum absolute atomic E-state index is 0.209. The standard InChI is InChI=1S/C16H13ClFNO/c17-14-7-5-12(6-8-14)13(11-19)9-10-20-16-4-2-1-3-15(16)18/h1-8,13H,9-10H2. The molecular formula is C16H13ClFNO. The molecule has 0 saturated carbocycles. The SMILES string of the molecule is N#CC(CCOc1ccccc1F)c1ccc(Cl)cc1. The molecule has 0 fully saturated rings. The van der Waals surface area contributed by atoms with E-state index in [1.807, 2.05) is 12.1 Å². The smallest absolute Gasteiger partial charge is 0.165 e. The van der Waals surface area contributed by atoms with E-state index in [2.05, 4.69) is 6.07 Å². The zero-order chi connectivity index (χ0) is 14.4. The van der Waals surface area contributed by atoms with Crippen LogP contribution in [0.2, 0.25) is 5.02 Å². The zero-order valence-corrected chi connectivity index (χ0v) is 11.5. The molecule has 0 aliphatic carbocycles. The van der Waals surface area contributed by atoms with Gasteiger partial charge in [0.2, 0.25) is 0 Å². The van der Waals surface area contributed by atoms with Crippen LogP contribution in [0.1, 0.15) is 17.9 Å². The Morgan fingerprint density at radius 1 is 1.15 bits per heavy atom. The summed E-state index contributed by atoms with van der Waals surface area (Å²) in [6.45, 7) is 0.280. The van der Waals surface area contributed by atoms with E-state index in [9.17, 15) is 9.65 Å². The fraction of sp³-hybridized carbons (Fsp3) is 0.188. The van der Waals surface area contributed by atoms with Gasteiger partial charge >= 0.3 is 0 Å². The Morgan fingerprint density at radius 2 is 1.85 bits per heavy atom. The number of halogens is 2. The van der Waals surface area contributed by atoms with E-state index in [4.69, 9.17) is 16.3 Å². The average Bonchev–Trinajstić information content (AvgIpc) is 2.47. The molecule has 0 saturated heterocycles. The van der Waals surface area contributed by atoms with Crippen molar-refractivity contribution < 1.29 is 9.13 Å². The highest BCUT2D eigenvalue weighted by atomic mass is 35.5. The first kappa shape index (κ1) is 14.4. The summed E-state index contributed by atoms with van der Waals surface area (Å²) in [4.78, 5) is 0. The van der Waals surface area contributed by atoms with Gasteiger partial charge in [-0.05, 0) is 29.8 Å². The number of nitriles is 1. The monoisotopic (exact) mass is 289 g/mol. The predicted octanol–water partition coefficient (Wildman–Crippen LogP) is 4.56. The van der Waals surface area contributed by atoms with Crippen LogP contribution in [0.25, 0.3) is 0 Å². The highest BCUT2D eigenvalue weighted by Gasteiger charge is 2.11. The summed E-state index contributed by atoms with van der Waals surface area (Å²) in [7, 11) is 0. The number of rotatable bonds is 5. The third-order valence-electron chi connectivity index (χ3n) is 2.93. The molecule has 0 aliphatic rings. The minimum atomic E-state index is -0.396. The molecule has 0 amide bonds. The molecule has 0 spiro atoms. The molecule has 102 valence electrons. The maximum atomic E-state index is 13.4. The lowest BCUT2D eigenvalue weighted by molar-refractivity contribution is 0.291. The summed E-state index contributed by atoms with van der Waals surface area (Å²) in [6.07, 6.45) is 0.493. The number of hydrogen-bond acceptors (Lipinski definition) is 2. The van der Waals surface area contributed by atoms with Gasteiger partial charge in [-0.15, -0.1) is 0 Å². The van der Waals surface area contributed by atoms with Crippen LogP contribution in [0.15, 0.2) is 48.5 Å². The van der Waals surface area contributed by atoms with Gasteiger partial charge in [-0.2, -0.15) is 5.26 Å². The van der Waals surface area contributed by atoms with Crippen LogP contribution < -0.4 is 4.74 Å². The first-order valence-electron chi connectivity index (χ1n) is 6.23. The van der Waals surface area contributed by atoms with E-state index >= 15 is 0 Å². The summed E-state index contributed by atoms with van der Waals surface area (Å²) in [6, 6.07) is 15.6. The summed E-state index contributed by atoms with van der Waals surface area (Å²) >= 11 is 5.81. The van der Waals surface area contributed by atoms with E-state index < -0.39 is 5.82 Å². The van der Waals surface area contributed by atoms with Crippen LogP contribution in [0.5, 0.6) is 5.75 Å². The van der Waals surface area contributed by atoms with Gasteiger partial charge in [-0.25, -0.2) is 4.39 Å². The van der Waals surface area contributed by atoms with Crippen molar-refractivity contribution in [2.75, 3.05) is 6.61 Å². The minimum Gasteiger partial charge on any atom is -0.490 e. The lowest BCUT2D eigenvalue weighted by Gasteiger charge is -2.11. The summed E-state index contributed by atoms with van der Waals surface area (Å²) < 4.78 is 18.7. The van der Waals surface area contributed by atoms with Crippen molar-refractivity contribution in [1.29, 1.82) is 5.26 Å². The van der Waals surface area contributed by atoms with Gasteiger partial charge in [-0.3, -0.25) is 0 Å². The number of benzene rings is 2. The highest BCUT2D eigenvalue weighted by Crippen LogP contribution is 2.22. The summed E-state index contributed by atoms with van der Waals surface area (Å²) in [5.41, 5.74) is 0.883. The second-order valence-electron chi connectivity index (χ2n) is 4.30. The van der Waals surface area contributed by atoms with Crippen LogP contribution in [-0.4, -0.2) is 6.61 Å². The number of nitrogens with zero attached hydrogens (tertiary/aromatic N) is 1. The highest BCUT2D eigenvalue weighted by molar-refractivity contribution is 6.30. The molecule has 1 unspecified atom stereocenters. The molecule has 0 aromatic heterocycles. The van der Waals surface area contributed by atoms with Crippen LogP contribution in [0.4, 0.5) is 4.39 Å². The second-order valence-corrected chi connectivity index (χ2v) is 4.74. The Hall–Kier alpha value is -2.05. The molecule has 4 heteroatoms. The number of ether oxygens (including phenoxy) is 1. The fourth-order valence-electron chi connectivity index (χ4n) is 1.85. The van der Waals surface area contributed by atoms with Crippen molar-refractivity contribution in [2.45, 2.75) is 12.3 Å². The van der Waals surface area contributed by atoms with E-state index in [0.29, 0.717) is 11.4 Å². The molecular weight excluding hydrogens is 277 g/mol. The van der Waals surface area contributed by atoms with Gasteiger partial charge in [0, 0.05) is 11.4 Å². The predicted molar refractivity (Wildman–Crippen MR) is 76.3 cm³/mol. The quantitative estimate of drug-likeness (QED) is 0.808. The second kappa shape index (κ2) is 6.93. The summed E-state index contributed by atoms with van der Waals surface area (Å²) in [5, 5.41) is 9.82. The van der Waals surface area contributed by atoms with Crippen molar-refractivity contribution in [3.8, 4) is 11.8 Å². The third-order valence-corrected chi connectivity index (χ3v) is 3.18. The molecule has 2 nitrogen and oxygen atoms in total. The fourth-order valence-corrected chi connectivity index (χ4v) is 1.98. The Labute approximate surface area is 122 Å². The molecule has 0 bridgehead atoms. The van der Waals surface area contributed by atoms with Gasteiger partial charge in [0.05, 0.1) is 18.6 Å². The van der Waals surface area contributed by atoms with Gasteiger partial charge in [0.1, 0.15) is 0 Å². The molecule has 2 rings (SSSR count). The van der Waals surface area contributed by atoms with E-state index in [1.165, 1.54) is 6.07 Å². The van der Waals surface area contributed by atoms with Crippen LogP contribution in [0, 0.1) is 17.1 Å². The van der Waals surface area contributed by atoms with Crippen molar-refractivity contribution in [3.05, 3.63) is 64.9 Å². The van der Waals surface area contributed by atoms with Gasteiger partial charge < -0.3 is 4.74 Å². The van der Waals surface area contributed by atoms with Crippen molar-refractivity contribution in [2.24, 2.45) is 0 Å². The summed E-state index contributed by atoms with van der Waals surface area (Å²) in [5.74, 6) is -0.480. The largest absolute Gasteiger partial charge is 0.490 e. The van der Waals surface area contributed by atoms with E-state index in [0.717, 1.165) is 5.56 Å². The van der Waals surface area contributed by atoms with Gasteiger partial charge in [0.15, 0.2) is 11.6 Å². The molecule has 0 heterocycles. The topological polar surface area (TPSA) is 33.0 Å². The lowest BCUT2D eigenvalue weighted by atomic mass is 9.98. The first-order chi connectivity index (χ1) is 9.70.